The molecule has 2 atom stereocenters. The minimum atomic E-state index is -1.39. The predicted octanol–water partition coefficient (Wildman–Crippen LogP) is 5.75. The minimum absolute atomic E-state index is 0.300. The van der Waals surface area contributed by atoms with Crippen molar-refractivity contribution >= 4 is 22.6 Å². The van der Waals surface area contributed by atoms with Crippen LogP contribution in [0, 0.1) is 17.1 Å². The predicted molar refractivity (Wildman–Crippen MR) is 123 cm³/mol. The molecule has 3 aromatic rings. The molecule has 0 spiro atoms. The Kier molecular flexibility index (Phi) is 7.22. The number of benzene rings is 2. The van der Waals surface area contributed by atoms with Crippen LogP contribution in [0.3, 0.4) is 0 Å². The zero-order valence-electron chi connectivity index (χ0n) is 17.5. The molecule has 0 saturated carbocycles. The number of hydrogen-bond donors (Lipinski definition) is 1. The van der Waals surface area contributed by atoms with Crippen LogP contribution in [-0.2, 0) is 17.4 Å². The Hall–Kier alpha value is -2.59. The molecule has 0 saturated heterocycles. The highest BCUT2D eigenvalue weighted by atomic mass is 35.5. The third-order valence-corrected chi connectivity index (χ3v) is 6.47. The van der Waals surface area contributed by atoms with E-state index >= 15 is 0 Å². The molecule has 0 amide bonds. The molecule has 4 nitrogen and oxygen atoms in total. The van der Waals surface area contributed by atoms with Crippen molar-refractivity contribution in [2.75, 3.05) is 0 Å². The first-order valence-electron chi connectivity index (χ1n) is 9.76. The molecule has 0 aliphatic heterocycles. The van der Waals surface area contributed by atoms with E-state index < -0.39 is 27.6 Å². The molecule has 1 N–H and O–H groups in total. The van der Waals surface area contributed by atoms with Gasteiger partial charge in [0.05, 0.1) is 39.1 Å². The molecular formula is C24H23ClFN3OS. The molecule has 7 heteroatoms. The van der Waals surface area contributed by atoms with Gasteiger partial charge in [0.1, 0.15) is 5.82 Å². The van der Waals surface area contributed by atoms with E-state index in [1.165, 1.54) is 12.1 Å². The molecule has 1 aromatic heterocycles. The van der Waals surface area contributed by atoms with Gasteiger partial charge < -0.3 is 0 Å². The van der Waals surface area contributed by atoms with Crippen LogP contribution >= 0.6 is 11.6 Å². The molecule has 0 fully saturated rings. The average molecular weight is 456 g/mol. The number of aromatic nitrogens is 1. The Morgan fingerprint density at radius 1 is 1.19 bits per heavy atom. The van der Waals surface area contributed by atoms with Gasteiger partial charge in [-0.25, -0.2) is 13.3 Å². The monoisotopic (exact) mass is 455 g/mol. The summed E-state index contributed by atoms with van der Waals surface area (Å²) in [7, 11) is -1.39. The van der Waals surface area contributed by atoms with E-state index in [2.05, 4.69) is 15.8 Å². The van der Waals surface area contributed by atoms with Gasteiger partial charge >= 0.3 is 0 Å². The second-order valence-electron chi connectivity index (χ2n) is 8.16. The van der Waals surface area contributed by atoms with Crippen LogP contribution < -0.4 is 4.72 Å². The molecule has 0 aliphatic rings. The fraction of sp³-hybridized carbons (Fsp3) is 0.250. The largest absolute Gasteiger partial charge is 0.259 e. The number of pyridine rings is 1. The zero-order chi connectivity index (χ0) is 22.6. The third-order valence-electron chi connectivity index (χ3n) is 4.64. The van der Waals surface area contributed by atoms with Crippen LogP contribution in [0.15, 0.2) is 60.8 Å². The van der Waals surface area contributed by atoms with Crippen molar-refractivity contribution in [1.82, 2.24) is 9.71 Å². The Morgan fingerprint density at radius 3 is 2.65 bits per heavy atom. The molecule has 2 aromatic carbocycles. The van der Waals surface area contributed by atoms with E-state index in [1.54, 1.807) is 24.4 Å². The summed E-state index contributed by atoms with van der Waals surface area (Å²) in [6.45, 7) is 5.63. The number of hydrogen-bond acceptors (Lipinski definition) is 3. The van der Waals surface area contributed by atoms with Gasteiger partial charge in [0.15, 0.2) is 0 Å². The van der Waals surface area contributed by atoms with Crippen LogP contribution in [0.5, 0.6) is 0 Å². The molecule has 2 unspecified atom stereocenters. The first kappa shape index (κ1) is 23.1. The maximum absolute atomic E-state index is 13.9. The van der Waals surface area contributed by atoms with Gasteiger partial charge in [-0.2, -0.15) is 5.26 Å². The Labute approximate surface area is 189 Å². The van der Waals surface area contributed by atoms with Crippen molar-refractivity contribution in [3.8, 4) is 17.2 Å². The summed E-state index contributed by atoms with van der Waals surface area (Å²) in [5.74, 6) is -0.429. The normalized spacial score (nSPS) is 13.4. The van der Waals surface area contributed by atoms with E-state index in [1.807, 2.05) is 45.0 Å². The van der Waals surface area contributed by atoms with Crippen molar-refractivity contribution < 1.29 is 8.60 Å². The van der Waals surface area contributed by atoms with Gasteiger partial charge in [-0.1, -0.05) is 29.8 Å². The van der Waals surface area contributed by atoms with Crippen molar-refractivity contribution in [1.29, 1.82) is 5.26 Å². The Balaban J connectivity index is 2.09. The average Bonchev–Trinajstić information content (AvgIpc) is 2.72. The summed E-state index contributed by atoms with van der Waals surface area (Å²) in [6, 6.07) is 17.0. The van der Waals surface area contributed by atoms with E-state index in [0.717, 1.165) is 11.1 Å². The van der Waals surface area contributed by atoms with Crippen molar-refractivity contribution in [2.24, 2.45) is 0 Å². The minimum Gasteiger partial charge on any atom is -0.259 e. The molecule has 1 heterocycles. The Bertz CT molecular complexity index is 1130. The molecule has 31 heavy (non-hydrogen) atoms. The van der Waals surface area contributed by atoms with Crippen molar-refractivity contribution in [3.63, 3.8) is 0 Å². The third kappa shape index (κ3) is 5.98. The second kappa shape index (κ2) is 9.69. The molecular weight excluding hydrogens is 433 g/mol. The molecule has 0 radical (unpaired) electrons. The lowest BCUT2D eigenvalue weighted by Crippen LogP contribution is -2.37. The van der Waals surface area contributed by atoms with E-state index in [4.69, 9.17) is 11.6 Å². The highest BCUT2D eigenvalue weighted by Crippen LogP contribution is 2.31. The first-order chi connectivity index (χ1) is 14.7. The number of nitrogens with zero attached hydrogens (tertiary/aromatic N) is 2. The van der Waals surface area contributed by atoms with Crippen LogP contribution in [0.4, 0.5) is 4.39 Å². The molecule has 160 valence electrons. The van der Waals surface area contributed by atoms with Crippen LogP contribution in [0.2, 0.25) is 5.02 Å². The van der Waals surface area contributed by atoms with Crippen LogP contribution in [0.25, 0.3) is 11.1 Å². The number of nitrogens with one attached hydrogen (secondary N) is 1. The Morgan fingerprint density at radius 2 is 1.97 bits per heavy atom. The SMILES string of the molecule is CC(C)(C)S(=O)NC(Cc1cc(F)cc(Cl)c1)c1ncccc1-c1cccc(C#N)c1. The van der Waals surface area contributed by atoms with Crippen molar-refractivity contribution in [3.05, 3.63) is 88.5 Å². The summed E-state index contributed by atoms with van der Waals surface area (Å²) in [4.78, 5) is 4.58. The fourth-order valence-electron chi connectivity index (χ4n) is 3.16. The van der Waals surface area contributed by atoms with Gasteiger partial charge in [-0.15, -0.1) is 0 Å². The van der Waals surface area contributed by atoms with Crippen molar-refractivity contribution in [2.45, 2.75) is 38.0 Å². The van der Waals surface area contributed by atoms with E-state index in [-0.39, 0.29) is 0 Å². The lowest BCUT2D eigenvalue weighted by molar-refractivity contribution is 0.585. The molecule has 0 bridgehead atoms. The molecule has 0 aliphatic carbocycles. The number of rotatable bonds is 6. The summed E-state index contributed by atoms with van der Waals surface area (Å²) in [5.41, 5.74) is 3.50. The summed E-state index contributed by atoms with van der Waals surface area (Å²) >= 11 is 6.05. The highest BCUT2D eigenvalue weighted by Gasteiger charge is 2.26. The lowest BCUT2D eigenvalue weighted by Gasteiger charge is -2.25. The van der Waals surface area contributed by atoms with E-state index in [9.17, 15) is 13.9 Å². The number of nitriles is 1. The lowest BCUT2D eigenvalue weighted by atomic mass is 9.95. The summed E-state index contributed by atoms with van der Waals surface area (Å²) in [5, 5.41) is 9.58. The van der Waals surface area contributed by atoms with Gasteiger partial charge in [0.2, 0.25) is 0 Å². The van der Waals surface area contributed by atoms with Crippen LogP contribution in [-0.4, -0.2) is 13.9 Å². The molecule has 3 rings (SSSR count). The van der Waals surface area contributed by atoms with E-state index in [0.29, 0.717) is 28.3 Å². The fourth-order valence-corrected chi connectivity index (χ4v) is 4.21. The standard InChI is InChI=1S/C24H23ClFN3OS/c1-24(2,3)31(30)29-22(13-17-11-19(25)14-20(26)12-17)23-21(8-5-9-28-23)18-7-4-6-16(10-18)15-27/h4-12,14,22,29H,13H2,1-3H3. The quantitative estimate of drug-likeness (QED) is 0.514. The van der Waals surface area contributed by atoms with Gasteiger partial charge in [-0.3, -0.25) is 4.98 Å². The zero-order valence-corrected chi connectivity index (χ0v) is 19.1. The smallest absolute Gasteiger partial charge is 0.124 e. The summed E-state index contributed by atoms with van der Waals surface area (Å²) in [6.07, 6.45) is 2.00. The topological polar surface area (TPSA) is 65.8 Å². The first-order valence-corrected chi connectivity index (χ1v) is 11.3. The van der Waals surface area contributed by atoms with Gasteiger partial charge in [0, 0.05) is 16.8 Å². The van der Waals surface area contributed by atoms with Crippen LogP contribution in [0.1, 0.15) is 43.6 Å². The highest BCUT2D eigenvalue weighted by molar-refractivity contribution is 7.84. The summed E-state index contributed by atoms with van der Waals surface area (Å²) < 4.78 is 29.6. The van der Waals surface area contributed by atoms with Gasteiger partial charge in [-0.05, 0) is 74.7 Å². The maximum atomic E-state index is 13.9. The number of halogens is 2. The second-order valence-corrected chi connectivity index (χ2v) is 10.6. The maximum Gasteiger partial charge on any atom is 0.124 e. The van der Waals surface area contributed by atoms with Gasteiger partial charge in [0.25, 0.3) is 0 Å².